The number of ether oxygens (including phenoxy) is 1. The van der Waals surface area contributed by atoms with Gasteiger partial charge in [0.25, 0.3) is 0 Å². The Morgan fingerprint density at radius 2 is 2.06 bits per heavy atom. The predicted octanol–water partition coefficient (Wildman–Crippen LogP) is 3.85. The first kappa shape index (κ1) is 13.2. The molecule has 1 heterocycles. The molecule has 0 saturated carbocycles. The number of phenols is 1. The second-order valence-electron chi connectivity index (χ2n) is 3.54. The van der Waals surface area contributed by atoms with Gasteiger partial charge in [-0.3, -0.25) is 0 Å². The highest BCUT2D eigenvalue weighted by Crippen LogP contribution is 2.43. The molecule has 1 fully saturated rings. The maximum Gasteiger partial charge on any atom is 0.407 e. The van der Waals surface area contributed by atoms with Gasteiger partial charge in [-0.1, -0.05) is 15.9 Å². The van der Waals surface area contributed by atoms with Crippen LogP contribution in [0.1, 0.15) is 18.0 Å². The summed E-state index contributed by atoms with van der Waals surface area (Å²) < 4.78 is 6.76. The molecule has 92 valence electrons. The van der Waals surface area contributed by atoms with Crippen LogP contribution in [0.3, 0.4) is 0 Å². The molecule has 4 nitrogen and oxygen atoms in total. The molecule has 1 saturated heterocycles. The quantitative estimate of drug-likeness (QED) is 0.713. The Labute approximate surface area is 123 Å². The standard InChI is InChI=1S/C10H8Br3NO3/c11-4-3-5(12)9(15)8(13)7(4)6-1-2-17-10(16)14-6/h3,6,15H,1-2H2,(H,14,16)/t6-/m1/s1. The van der Waals surface area contributed by atoms with Gasteiger partial charge in [0, 0.05) is 16.5 Å². The molecule has 0 bridgehead atoms. The summed E-state index contributed by atoms with van der Waals surface area (Å²) in [7, 11) is 0. The molecule has 1 aromatic carbocycles. The molecule has 0 spiro atoms. The lowest BCUT2D eigenvalue weighted by Gasteiger charge is -2.26. The summed E-state index contributed by atoms with van der Waals surface area (Å²) in [5.74, 6) is 0.115. The van der Waals surface area contributed by atoms with Gasteiger partial charge in [-0.05, 0) is 37.9 Å². The number of cyclic esters (lactones) is 1. The molecule has 7 heteroatoms. The van der Waals surface area contributed by atoms with Crippen molar-refractivity contribution in [3.63, 3.8) is 0 Å². The minimum absolute atomic E-state index is 0.115. The smallest absolute Gasteiger partial charge is 0.407 e. The van der Waals surface area contributed by atoms with E-state index >= 15 is 0 Å². The second kappa shape index (κ2) is 5.16. The summed E-state index contributed by atoms with van der Waals surface area (Å²) in [6.45, 7) is 0.367. The molecular formula is C10H8Br3NO3. The molecule has 0 aromatic heterocycles. The molecule has 2 rings (SSSR count). The first-order chi connectivity index (χ1) is 8.00. The van der Waals surface area contributed by atoms with Crippen LogP contribution >= 0.6 is 47.8 Å². The number of amides is 1. The number of hydrogen-bond donors (Lipinski definition) is 2. The van der Waals surface area contributed by atoms with Gasteiger partial charge in [0.1, 0.15) is 5.75 Å². The van der Waals surface area contributed by atoms with Crippen LogP contribution in [0.4, 0.5) is 4.79 Å². The number of benzene rings is 1. The van der Waals surface area contributed by atoms with Crippen LogP contribution in [0, 0.1) is 0 Å². The largest absolute Gasteiger partial charge is 0.506 e. The van der Waals surface area contributed by atoms with E-state index in [4.69, 9.17) is 4.74 Å². The highest BCUT2D eigenvalue weighted by atomic mass is 79.9. The Bertz CT molecular complexity index is 478. The van der Waals surface area contributed by atoms with E-state index in [9.17, 15) is 9.90 Å². The van der Waals surface area contributed by atoms with Gasteiger partial charge in [-0.25, -0.2) is 4.79 Å². The highest BCUT2D eigenvalue weighted by Gasteiger charge is 2.26. The summed E-state index contributed by atoms with van der Waals surface area (Å²) in [4.78, 5) is 11.2. The van der Waals surface area contributed by atoms with Crippen LogP contribution in [0.25, 0.3) is 0 Å². The van der Waals surface area contributed by atoms with Crippen molar-refractivity contribution in [2.75, 3.05) is 6.61 Å². The van der Waals surface area contributed by atoms with Gasteiger partial charge in [0.15, 0.2) is 0 Å². The minimum atomic E-state index is -0.442. The summed E-state index contributed by atoms with van der Waals surface area (Å²) in [5.41, 5.74) is 0.808. The fourth-order valence-electron chi connectivity index (χ4n) is 1.66. The number of nitrogens with one attached hydrogen (secondary N) is 1. The van der Waals surface area contributed by atoms with E-state index in [-0.39, 0.29) is 11.8 Å². The zero-order valence-corrected chi connectivity index (χ0v) is 13.2. The fraction of sp³-hybridized carbons (Fsp3) is 0.300. The Hall–Kier alpha value is -0.270. The monoisotopic (exact) mass is 427 g/mol. The third-order valence-electron chi connectivity index (χ3n) is 2.46. The van der Waals surface area contributed by atoms with Gasteiger partial charge in [-0.2, -0.15) is 0 Å². The van der Waals surface area contributed by atoms with E-state index in [1.807, 2.05) is 0 Å². The minimum Gasteiger partial charge on any atom is -0.506 e. The third-order valence-corrected chi connectivity index (χ3v) is 4.52. The Balaban J connectivity index is 2.44. The Morgan fingerprint density at radius 3 is 2.71 bits per heavy atom. The number of halogens is 3. The second-order valence-corrected chi connectivity index (χ2v) is 6.04. The molecule has 0 radical (unpaired) electrons. The average molecular weight is 430 g/mol. The third kappa shape index (κ3) is 2.61. The van der Waals surface area contributed by atoms with Crippen molar-refractivity contribution in [3.05, 3.63) is 25.0 Å². The van der Waals surface area contributed by atoms with Gasteiger partial charge < -0.3 is 15.2 Å². The molecule has 1 aliphatic rings. The fourth-order valence-corrected chi connectivity index (χ4v) is 4.33. The van der Waals surface area contributed by atoms with E-state index in [2.05, 4.69) is 53.1 Å². The lowest BCUT2D eigenvalue weighted by atomic mass is 10.0. The molecule has 2 N–H and O–H groups in total. The van der Waals surface area contributed by atoms with Crippen LogP contribution < -0.4 is 5.32 Å². The molecular weight excluding hydrogens is 422 g/mol. The average Bonchev–Trinajstić information content (AvgIpc) is 2.26. The lowest BCUT2D eigenvalue weighted by Crippen LogP contribution is -2.35. The molecule has 1 aliphatic heterocycles. The number of rotatable bonds is 1. The molecule has 1 atom stereocenters. The summed E-state index contributed by atoms with van der Waals surface area (Å²) in [6.07, 6.45) is 0.215. The van der Waals surface area contributed by atoms with Crippen molar-refractivity contribution >= 4 is 53.9 Å². The maximum absolute atomic E-state index is 11.2. The van der Waals surface area contributed by atoms with Crippen molar-refractivity contribution in [1.82, 2.24) is 5.32 Å². The topological polar surface area (TPSA) is 58.6 Å². The Morgan fingerprint density at radius 1 is 1.35 bits per heavy atom. The number of aromatic hydroxyl groups is 1. The zero-order valence-electron chi connectivity index (χ0n) is 8.47. The summed E-state index contributed by atoms with van der Waals surface area (Å²) in [5, 5.41) is 12.6. The van der Waals surface area contributed by atoms with E-state index in [1.165, 1.54) is 0 Å². The molecule has 1 aromatic rings. The molecule has 17 heavy (non-hydrogen) atoms. The van der Waals surface area contributed by atoms with E-state index in [0.717, 1.165) is 10.0 Å². The van der Waals surface area contributed by atoms with Crippen LogP contribution in [0.5, 0.6) is 5.75 Å². The van der Waals surface area contributed by atoms with Crippen molar-refractivity contribution in [3.8, 4) is 5.75 Å². The zero-order chi connectivity index (χ0) is 12.6. The number of hydrogen-bond acceptors (Lipinski definition) is 3. The summed E-state index contributed by atoms with van der Waals surface area (Å²) in [6, 6.07) is 1.57. The molecule has 0 aliphatic carbocycles. The SMILES string of the molecule is O=C1N[C@@H](c2c(Br)cc(Br)c(O)c2Br)CCO1. The number of phenolic OH excluding ortho intramolecular Hbond substituents is 1. The van der Waals surface area contributed by atoms with Crippen LogP contribution in [-0.2, 0) is 4.74 Å². The van der Waals surface area contributed by atoms with Crippen molar-refractivity contribution < 1.29 is 14.6 Å². The van der Waals surface area contributed by atoms with Gasteiger partial charge in [-0.15, -0.1) is 0 Å². The number of alkyl carbamates (subject to hydrolysis) is 1. The normalized spacial score (nSPS) is 19.7. The van der Waals surface area contributed by atoms with Crippen LogP contribution in [0.15, 0.2) is 19.5 Å². The van der Waals surface area contributed by atoms with E-state index < -0.39 is 6.09 Å². The highest BCUT2D eigenvalue weighted by molar-refractivity contribution is 9.11. The predicted molar refractivity (Wildman–Crippen MR) is 73.0 cm³/mol. The van der Waals surface area contributed by atoms with E-state index in [0.29, 0.717) is 22.0 Å². The lowest BCUT2D eigenvalue weighted by molar-refractivity contribution is 0.115. The number of carbonyl (C=O) groups is 1. The van der Waals surface area contributed by atoms with Crippen molar-refractivity contribution in [2.24, 2.45) is 0 Å². The first-order valence-corrected chi connectivity index (χ1v) is 7.18. The maximum atomic E-state index is 11.2. The van der Waals surface area contributed by atoms with Gasteiger partial charge in [0.2, 0.25) is 0 Å². The molecule has 0 unspecified atom stereocenters. The first-order valence-electron chi connectivity index (χ1n) is 4.80. The van der Waals surface area contributed by atoms with Crippen molar-refractivity contribution in [1.29, 1.82) is 0 Å². The van der Waals surface area contributed by atoms with E-state index in [1.54, 1.807) is 6.07 Å². The van der Waals surface area contributed by atoms with Crippen LogP contribution in [0.2, 0.25) is 0 Å². The van der Waals surface area contributed by atoms with Crippen molar-refractivity contribution in [2.45, 2.75) is 12.5 Å². The summed E-state index contributed by atoms with van der Waals surface area (Å²) >= 11 is 10.0. The van der Waals surface area contributed by atoms with Gasteiger partial charge in [0.05, 0.1) is 21.6 Å². The Kier molecular flexibility index (Phi) is 3.99. The van der Waals surface area contributed by atoms with Gasteiger partial charge >= 0.3 is 6.09 Å². The van der Waals surface area contributed by atoms with Crippen LogP contribution in [-0.4, -0.2) is 17.8 Å². The number of carbonyl (C=O) groups excluding carboxylic acids is 1. The molecule has 1 amide bonds.